The number of fused-ring (bicyclic) bond motifs is 10. The SMILES string of the molecule is C\C=C/C=C1/C(=C2\C=CC(c3nc(-c4ccccc4)nc(-c4ccc(-c5cccc6oc7ccccc7c56)cc4)n3)=CC2C)C2(c3ccccc31)c1ccccc1-c1ccccc12. The van der Waals surface area contributed by atoms with Gasteiger partial charge in [-0.15, -0.1) is 0 Å². The normalized spacial score (nSPS) is 17.8. The first-order valence-electron chi connectivity index (χ1n) is 21.7. The molecule has 0 amide bonds. The fourth-order valence-electron chi connectivity index (χ4n) is 10.4. The second-order valence-electron chi connectivity index (χ2n) is 16.6. The topological polar surface area (TPSA) is 51.8 Å². The van der Waals surface area contributed by atoms with Crippen molar-refractivity contribution < 1.29 is 4.42 Å². The van der Waals surface area contributed by atoms with E-state index in [9.17, 15) is 0 Å². The van der Waals surface area contributed by atoms with E-state index in [4.69, 9.17) is 19.4 Å². The Bertz CT molecular complexity index is 3430. The molecule has 1 unspecified atom stereocenters. The minimum absolute atomic E-state index is 0.0431. The fraction of sp³-hybridized carbons (Fsp3) is 0.0678. The van der Waals surface area contributed by atoms with Gasteiger partial charge >= 0.3 is 0 Å². The molecule has 0 N–H and O–H groups in total. The Balaban J connectivity index is 0.995. The summed E-state index contributed by atoms with van der Waals surface area (Å²) in [5.74, 6) is 1.96. The molecule has 1 spiro atoms. The number of hydrogen-bond acceptors (Lipinski definition) is 4. The van der Waals surface area contributed by atoms with Gasteiger partial charge in [-0.3, -0.25) is 0 Å². The zero-order valence-corrected chi connectivity index (χ0v) is 35.0. The largest absolute Gasteiger partial charge is 0.456 e. The molecule has 0 saturated carbocycles. The highest BCUT2D eigenvalue weighted by Gasteiger charge is 2.54. The summed E-state index contributed by atoms with van der Waals surface area (Å²) in [5, 5.41) is 2.23. The van der Waals surface area contributed by atoms with Crippen LogP contribution in [0.3, 0.4) is 0 Å². The van der Waals surface area contributed by atoms with Crippen LogP contribution in [0.4, 0.5) is 0 Å². The molecule has 2 aromatic heterocycles. The minimum atomic E-state index is -0.473. The number of aromatic nitrogens is 3. The van der Waals surface area contributed by atoms with Gasteiger partial charge in [0.25, 0.3) is 0 Å². The maximum Gasteiger partial charge on any atom is 0.164 e. The van der Waals surface area contributed by atoms with Crippen LogP contribution in [0.5, 0.6) is 0 Å². The molecule has 3 aliphatic rings. The molecule has 9 aromatic rings. The Kier molecular flexibility index (Phi) is 8.55. The molecule has 0 aliphatic heterocycles. The molecule has 1 atom stereocenters. The highest BCUT2D eigenvalue weighted by molar-refractivity contribution is 6.12. The summed E-state index contributed by atoms with van der Waals surface area (Å²) < 4.78 is 6.22. The van der Waals surface area contributed by atoms with Crippen molar-refractivity contribution in [1.82, 2.24) is 15.0 Å². The summed E-state index contributed by atoms with van der Waals surface area (Å²) in [6.07, 6.45) is 13.5. The summed E-state index contributed by atoms with van der Waals surface area (Å²) in [4.78, 5) is 15.5. The highest BCUT2D eigenvalue weighted by Crippen LogP contribution is 2.65. The van der Waals surface area contributed by atoms with Crippen LogP contribution in [-0.2, 0) is 5.41 Å². The van der Waals surface area contributed by atoms with Crippen LogP contribution >= 0.6 is 0 Å². The minimum Gasteiger partial charge on any atom is -0.456 e. The van der Waals surface area contributed by atoms with Crippen LogP contribution in [0.2, 0.25) is 0 Å². The number of nitrogens with zero attached hydrogens (tertiary/aromatic N) is 3. The number of rotatable bonds is 5. The molecule has 2 heterocycles. The van der Waals surface area contributed by atoms with Gasteiger partial charge in [0.15, 0.2) is 17.5 Å². The maximum absolute atomic E-state index is 6.22. The zero-order chi connectivity index (χ0) is 42.1. The second-order valence-corrected chi connectivity index (χ2v) is 16.6. The van der Waals surface area contributed by atoms with E-state index in [1.807, 2.05) is 36.4 Å². The molecular formula is C59H41N3O. The monoisotopic (exact) mass is 807 g/mol. The predicted molar refractivity (Wildman–Crippen MR) is 258 cm³/mol. The van der Waals surface area contributed by atoms with E-state index >= 15 is 0 Å². The summed E-state index contributed by atoms with van der Waals surface area (Å²) in [7, 11) is 0. The quantitative estimate of drug-likeness (QED) is 0.174. The molecule has 298 valence electrons. The molecular weight excluding hydrogens is 767 g/mol. The second kappa shape index (κ2) is 14.6. The number of furan rings is 1. The van der Waals surface area contributed by atoms with Crippen molar-refractivity contribution in [2.45, 2.75) is 19.3 Å². The van der Waals surface area contributed by atoms with E-state index in [1.54, 1.807) is 0 Å². The van der Waals surface area contributed by atoms with E-state index in [0.717, 1.165) is 49.8 Å². The van der Waals surface area contributed by atoms with Gasteiger partial charge < -0.3 is 4.42 Å². The summed E-state index contributed by atoms with van der Waals surface area (Å²) >= 11 is 0. The first-order chi connectivity index (χ1) is 31.1. The van der Waals surface area contributed by atoms with Gasteiger partial charge in [-0.25, -0.2) is 15.0 Å². The van der Waals surface area contributed by atoms with E-state index < -0.39 is 5.41 Å². The van der Waals surface area contributed by atoms with Crippen molar-refractivity contribution in [2.75, 3.05) is 0 Å². The number of allylic oxidation sites excluding steroid dienone is 10. The molecule has 63 heavy (non-hydrogen) atoms. The van der Waals surface area contributed by atoms with Crippen LogP contribution in [0.25, 0.3) is 78.1 Å². The average Bonchev–Trinajstić information content (AvgIpc) is 3.97. The molecule has 12 rings (SSSR count). The highest BCUT2D eigenvalue weighted by atomic mass is 16.3. The number of benzene rings is 7. The Morgan fingerprint density at radius 3 is 1.76 bits per heavy atom. The van der Waals surface area contributed by atoms with Gasteiger partial charge in [0.05, 0.1) is 5.41 Å². The summed E-state index contributed by atoms with van der Waals surface area (Å²) in [6, 6.07) is 60.2. The molecule has 0 radical (unpaired) electrons. The Morgan fingerprint density at radius 1 is 0.508 bits per heavy atom. The maximum atomic E-state index is 6.22. The van der Waals surface area contributed by atoms with Crippen LogP contribution in [-0.4, -0.2) is 15.0 Å². The van der Waals surface area contributed by atoms with Gasteiger partial charge in [-0.05, 0) is 80.3 Å². The lowest BCUT2D eigenvalue weighted by Crippen LogP contribution is -2.28. The van der Waals surface area contributed by atoms with Crippen LogP contribution in [0.15, 0.2) is 222 Å². The molecule has 0 saturated heterocycles. The van der Waals surface area contributed by atoms with Gasteiger partial charge in [0.2, 0.25) is 0 Å². The van der Waals surface area contributed by atoms with Gasteiger partial charge in [0, 0.05) is 33.4 Å². The van der Waals surface area contributed by atoms with Crippen molar-refractivity contribution in [3.63, 3.8) is 0 Å². The van der Waals surface area contributed by atoms with Crippen molar-refractivity contribution in [3.8, 4) is 45.0 Å². The lowest BCUT2D eigenvalue weighted by molar-refractivity contribution is 0.669. The molecule has 7 aromatic carbocycles. The van der Waals surface area contributed by atoms with Gasteiger partial charge in [-0.1, -0.05) is 201 Å². The van der Waals surface area contributed by atoms with E-state index in [1.165, 1.54) is 50.1 Å². The first kappa shape index (κ1) is 36.9. The van der Waals surface area contributed by atoms with Crippen LogP contribution in [0, 0.1) is 5.92 Å². The first-order valence-corrected chi connectivity index (χ1v) is 21.7. The van der Waals surface area contributed by atoms with Crippen molar-refractivity contribution >= 4 is 33.1 Å². The Hall–Kier alpha value is -7.95. The van der Waals surface area contributed by atoms with Gasteiger partial charge in [-0.2, -0.15) is 0 Å². The van der Waals surface area contributed by atoms with Gasteiger partial charge in [0.1, 0.15) is 11.2 Å². The molecule has 0 bridgehead atoms. The number of hydrogen-bond donors (Lipinski definition) is 0. The van der Waals surface area contributed by atoms with Crippen LogP contribution < -0.4 is 0 Å². The summed E-state index contributed by atoms with van der Waals surface area (Å²) in [5.41, 5.74) is 18.1. The lowest BCUT2D eigenvalue weighted by atomic mass is 9.67. The summed E-state index contributed by atoms with van der Waals surface area (Å²) in [6.45, 7) is 4.40. The fourth-order valence-corrected chi connectivity index (χ4v) is 10.4. The molecule has 0 fully saturated rings. The van der Waals surface area contributed by atoms with E-state index in [0.29, 0.717) is 17.5 Å². The van der Waals surface area contributed by atoms with Crippen molar-refractivity contribution in [2.24, 2.45) is 5.92 Å². The number of para-hydroxylation sites is 1. The lowest BCUT2D eigenvalue weighted by Gasteiger charge is -2.34. The third-order valence-electron chi connectivity index (χ3n) is 13.1. The smallest absolute Gasteiger partial charge is 0.164 e. The molecule has 4 nitrogen and oxygen atoms in total. The molecule has 3 aliphatic carbocycles. The zero-order valence-electron chi connectivity index (χ0n) is 35.0. The standard InChI is InChI=1S/C59H41N3O/c1-3-4-19-47-46-22-10-14-27-51(46)59(49-25-12-8-20-44(49)45-21-9-13-26-50(45)59)55(47)42-35-34-41(36-37(42)2)58-61-56(39-17-6-5-7-18-39)60-57(62-58)40-32-30-38(31-33-40)43-24-16-29-53-54(43)48-23-11-15-28-52(48)63-53/h3-37H,1-2H3/b4-3-,47-19+,55-42-. The van der Waals surface area contributed by atoms with Crippen molar-refractivity contribution in [1.29, 1.82) is 0 Å². The third kappa shape index (κ3) is 5.65. The third-order valence-corrected chi connectivity index (χ3v) is 13.1. The van der Waals surface area contributed by atoms with E-state index in [2.05, 4.69) is 184 Å². The predicted octanol–water partition coefficient (Wildman–Crippen LogP) is 14.6. The Labute approximate surface area is 366 Å². The van der Waals surface area contributed by atoms with Crippen molar-refractivity contribution in [3.05, 3.63) is 246 Å². The molecule has 4 heteroatoms. The average molecular weight is 808 g/mol. The van der Waals surface area contributed by atoms with Crippen LogP contribution in [0.1, 0.15) is 41.9 Å². The van der Waals surface area contributed by atoms with E-state index in [-0.39, 0.29) is 5.92 Å². The Morgan fingerprint density at radius 2 is 1.06 bits per heavy atom.